The molecule has 0 spiro atoms. The lowest BCUT2D eigenvalue weighted by Crippen LogP contribution is -2.36. The van der Waals surface area contributed by atoms with E-state index in [1.807, 2.05) is 0 Å². The highest BCUT2D eigenvalue weighted by atomic mass is 16.2. The number of carbonyl (C=O) groups is 1. The number of hydrogen-bond acceptors (Lipinski definition) is 4. The van der Waals surface area contributed by atoms with Crippen molar-refractivity contribution in [3.63, 3.8) is 0 Å². The molecule has 0 saturated heterocycles. The van der Waals surface area contributed by atoms with Crippen LogP contribution in [-0.2, 0) is 4.79 Å². The van der Waals surface area contributed by atoms with E-state index in [1.54, 1.807) is 18.3 Å². The Kier molecular flexibility index (Phi) is 4.78. The lowest BCUT2D eigenvalue weighted by molar-refractivity contribution is -0.117. The number of rotatable bonds is 4. The average molecular weight is 308 g/mol. The first-order chi connectivity index (χ1) is 11.2. The number of aromatic nitrogens is 2. The van der Waals surface area contributed by atoms with Crippen molar-refractivity contribution in [2.45, 2.75) is 13.3 Å². The molecule has 1 aliphatic rings. The summed E-state index contributed by atoms with van der Waals surface area (Å²) in [6, 6.07) is 11.9. The topological polar surface area (TPSA) is 58.1 Å². The summed E-state index contributed by atoms with van der Waals surface area (Å²) in [4.78, 5) is 14.2. The van der Waals surface area contributed by atoms with Gasteiger partial charge in [0.15, 0.2) is 5.82 Å². The van der Waals surface area contributed by atoms with Crippen LogP contribution in [0.25, 0.3) is 5.57 Å². The molecule has 2 aromatic rings. The van der Waals surface area contributed by atoms with Crippen molar-refractivity contribution in [3.8, 4) is 0 Å². The number of benzene rings is 1. The maximum atomic E-state index is 12.0. The van der Waals surface area contributed by atoms with Gasteiger partial charge in [0.1, 0.15) is 0 Å². The van der Waals surface area contributed by atoms with Gasteiger partial charge in [-0.05, 0) is 42.2 Å². The van der Waals surface area contributed by atoms with E-state index in [-0.39, 0.29) is 5.91 Å². The van der Waals surface area contributed by atoms with Gasteiger partial charge < -0.3 is 5.32 Å². The van der Waals surface area contributed by atoms with Gasteiger partial charge in [0.2, 0.25) is 5.91 Å². The van der Waals surface area contributed by atoms with Crippen molar-refractivity contribution in [2.75, 3.05) is 25.0 Å². The van der Waals surface area contributed by atoms with Crippen LogP contribution in [-0.4, -0.2) is 40.6 Å². The Morgan fingerprint density at radius 1 is 1.26 bits per heavy atom. The molecular weight excluding hydrogens is 288 g/mol. The molecule has 5 heteroatoms. The fourth-order valence-electron chi connectivity index (χ4n) is 2.79. The second-order valence-corrected chi connectivity index (χ2v) is 5.69. The number of nitrogens with zero attached hydrogens (tertiary/aromatic N) is 3. The summed E-state index contributed by atoms with van der Waals surface area (Å²) >= 11 is 0. The van der Waals surface area contributed by atoms with Crippen molar-refractivity contribution >= 4 is 17.3 Å². The first-order valence-corrected chi connectivity index (χ1v) is 7.77. The number of amides is 1. The number of hydrogen-bond donors (Lipinski definition) is 1. The monoisotopic (exact) mass is 308 g/mol. The Labute approximate surface area is 136 Å². The molecule has 0 atom stereocenters. The first kappa shape index (κ1) is 15.4. The van der Waals surface area contributed by atoms with Crippen molar-refractivity contribution in [3.05, 3.63) is 59.8 Å². The molecule has 1 N–H and O–H groups in total. The third-order valence-corrected chi connectivity index (χ3v) is 3.99. The van der Waals surface area contributed by atoms with Gasteiger partial charge in [-0.1, -0.05) is 30.3 Å². The van der Waals surface area contributed by atoms with Crippen LogP contribution in [0.3, 0.4) is 0 Å². The smallest absolute Gasteiger partial charge is 0.239 e. The van der Waals surface area contributed by atoms with Gasteiger partial charge in [-0.3, -0.25) is 9.69 Å². The zero-order valence-corrected chi connectivity index (χ0v) is 13.2. The van der Waals surface area contributed by atoms with Crippen molar-refractivity contribution in [1.82, 2.24) is 15.1 Å². The highest BCUT2D eigenvalue weighted by molar-refractivity contribution is 5.91. The van der Waals surface area contributed by atoms with Gasteiger partial charge in [-0.2, -0.15) is 5.10 Å². The summed E-state index contributed by atoms with van der Waals surface area (Å²) in [5.74, 6) is 0.434. The van der Waals surface area contributed by atoms with E-state index in [9.17, 15) is 4.79 Å². The summed E-state index contributed by atoms with van der Waals surface area (Å²) < 4.78 is 0. The number of nitrogens with one attached hydrogen (secondary N) is 1. The molecule has 0 radical (unpaired) electrons. The van der Waals surface area contributed by atoms with Crippen LogP contribution in [0.4, 0.5) is 5.82 Å². The van der Waals surface area contributed by atoms with Crippen LogP contribution < -0.4 is 5.32 Å². The fourth-order valence-corrected chi connectivity index (χ4v) is 2.79. The number of anilines is 1. The minimum absolute atomic E-state index is 0.0572. The number of carbonyl (C=O) groups excluding carboxylic acids is 1. The molecule has 0 unspecified atom stereocenters. The predicted molar refractivity (Wildman–Crippen MR) is 90.9 cm³/mol. The molecule has 1 amide bonds. The van der Waals surface area contributed by atoms with Gasteiger partial charge in [0, 0.05) is 19.3 Å². The third-order valence-electron chi connectivity index (χ3n) is 3.99. The van der Waals surface area contributed by atoms with Crippen LogP contribution in [0, 0.1) is 6.92 Å². The quantitative estimate of drug-likeness (QED) is 0.943. The van der Waals surface area contributed by atoms with Crippen LogP contribution in [0.5, 0.6) is 0 Å². The molecule has 0 saturated carbocycles. The van der Waals surface area contributed by atoms with E-state index >= 15 is 0 Å². The van der Waals surface area contributed by atoms with Crippen LogP contribution in [0.1, 0.15) is 17.5 Å². The van der Waals surface area contributed by atoms with E-state index in [0.29, 0.717) is 12.4 Å². The molecule has 3 rings (SSSR count). The molecular formula is C18H20N4O. The molecule has 1 aromatic carbocycles. The van der Waals surface area contributed by atoms with E-state index in [1.165, 1.54) is 16.7 Å². The minimum Gasteiger partial charge on any atom is -0.308 e. The molecule has 0 aliphatic carbocycles. The molecule has 0 bridgehead atoms. The van der Waals surface area contributed by atoms with Gasteiger partial charge in [0.25, 0.3) is 0 Å². The van der Waals surface area contributed by atoms with Gasteiger partial charge in [-0.25, -0.2) is 0 Å². The predicted octanol–water partition coefficient (Wildman–Crippen LogP) is 2.51. The third kappa shape index (κ3) is 4.02. The lowest BCUT2D eigenvalue weighted by atomic mass is 9.96. The molecule has 0 fully saturated rings. The fraction of sp³-hybridized carbons (Fsp3) is 0.278. The van der Waals surface area contributed by atoms with E-state index in [0.717, 1.165) is 19.5 Å². The van der Waals surface area contributed by atoms with Crippen molar-refractivity contribution < 1.29 is 4.79 Å². The zero-order chi connectivity index (χ0) is 16.1. The molecule has 23 heavy (non-hydrogen) atoms. The molecule has 1 aliphatic heterocycles. The Morgan fingerprint density at radius 3 is 2.83 bits per heavy atom. The second-order valence-electron chi connectivity index (χ2n) is 5.69. The first-order valence-electron chi connectivity index (χ1n) is 7.77. The van der Waals surface area contributed by atoms with Gasteiger partial charge >= 0.3 is 0 Å². The molecule has 118 valence electrons. The second kappa shape index (κ2) is 7.15. The number of aryl methyl sites for hydroxylation is 1. The van der Waals surface area contributed by atoms with Gasteiger partial charge in [-0.15, -0.1) is 5.10 Å². The maximum Gasteiger partial charge on any atom is 0.239 e. The zero-order valence-electron chi connectivity index (χ0n) is 13.2. The van der Waals surface area contributed by atoms with Crippen LogP contribution >= 0.6 is 0 Å². The highest BCUT2D eigenvalue weighted by Crippen LogP contribution is 2.24. The van der Waals surface area contributed by atoms with E-state index in [4.69, 9.17) is 0 Å². The minimum atomic E-state index is -0.0572. The van der Waals surface area contributed by atoms with Crippen molar-refractivity contribution in [1.29, 1.82) is 0 Å². The summed E-state index contributed by atoms with van der Waals surface area (Å²) in [6.07, 6.45) is 4.77. The summed E-state index contributed by atoms with van der Waals surface area (Å²) in [6.45, 7) is 4.18. The highest BCUT2D eigenvalue weighted by Gasteiger charge is 2.16. The average Bonchev–Trinajstić information content (AvgIpc) is 2.57. The normalized spacial score (nSPS) is 15.1. The summed E-state index contributed by atoms with van der Waals surface area (Å²) in [5, 5.41) is 10.4. The lowest BCUT2D eigenvalue weighted by Gasteiger charge is -2.26. The van der Waals surface area contributed by atoms with Crippen LogP contribution in [0.2, 0.25) is 0 Å². The van der Waals surface area contributed by atoms with Crippen LogP contribution in [0.15, 0.2) is 48.7 Å². The Balaban J connectivity index is 1.56. The summed E-state index contributed by atoms with van der Waals surface area (Å²) in [5.41, 5.74) is 3.98. The van der Waals surface area contributed by atoms with Crippen molar-refractivity contribution in [2.24, 2.45) is 0 Å². The largest absolute Gasteiger partial charge is 0.308 e. The molecule has 1 aromatic heterocycles. The van der Waals surface area contributed by atoms with E-state index < -0.39 is 0 Å². The van der Waals surface area contributed by atoms with Gasteiger partial charge in [0.05, 0.1) is 6.54 Å². The Hall–Kier alpha value is -2.53. The standard InChI is InChI=1S/C18H20N4O/c1-14-5-2-3-6-16(14)15-8-11-22(12-9-15)13-18(23)20-17-7-4-10-19-21-17/h2-8,10H,9,11-13H2,1H3,(H,20,21,23). The Morgan fingerprint density at radius 2 is 2.13 bits per heavy atom. The van der Waals surface area contributed by atoms with E-state index in [2.05, 4.69) is 57.7 Å². The summed E-state index contributed by atoms with van der Waals surface area (Å²) in [7, 11) is 0. The molecule has 2 heterocycles. The Bertz CT molecular complexity index is 712. The maximum absolute atomic E-state index is 12.0. The molecule has 5 nitrogen and oxygen atoms in total. The SMILES string of the molecule is Cc1ccccc1C1=CCN(CC(=O)Nc2cccnn2)CC1.